The molecule has 2 aromatic carbocycles. The van der Waals surface area contributed by atoms with Gasteiger partial charge in [-0.3, -0.25) is 4.79 Å². The summed E-state index contributed by atoms with van der Waals surface area (Å²) in [6.07, 6.45) is -0.921. The molecular weight excluding hydrogens is 332 g/mol. The van der Waals surface area contributed by atoms with Crippen LogP contribution in [0.25, 0.3) is 0 Å². The van der Waals surface area contributed by atoms with Crippen LogP contribution in [0.15, 0.2) is 36.4 Å². The minimum absolute atomic E-state index is 0.0294. The van der Waals surface area contributed by atoms with Gasteiger partial charge in [0.1, 0.15) is 17.4 Å². The molecule has 0 saturated heterocycles. The van der Waals surface area contributed by atoms with E-state index in [0.717, 1.165) is 12.1 Å². The molecule has 134 valence electrons. The maximum Gasteiger partial charge on any atom is 0.252 e. The number of amides is 1. The van der Waals surface area contributed by atoms with Crippen molar-refractivity contribution in [3.63, 3.8) is 0 Å². The van der Waals surface area contributed by atoms with Crippen LogP contribution in [0.2, 0.25) is 0 Å². The van der Waals surface area contributed by atoms with E-state index in [-0.39, 0.29) is 41.9 Å². The molecule has 0 unspecified atom stereocenters. The third kappa shape index (κ3) is 4.98. The Morgan fingerprint density at radius 3 is 2.56 bits per heavy atom. The molecule has 0 aliphatic heterocycles. The molecule has 0 bridgehead atoms. The molecule has 0 aromatic heterocycles. The summed E-state index contributed by atoms with van der Waals surface area (Å²) in [4.78, 5) is 11.8. The number of benzene rings is 2. The van der Waals surface area contributed by atoms with Gasteiger partial charge in [0.05, 0.1) is 24.9 Å². The van der Waals surface area contributed by atoms with E-state index in [2.05, 4.69) is 0 Å². The number of rotatable bonds is 8. The van der Waals surface area contributed by atoms with E-state index in [1.807, 2.05) is 0 Å². The fourth-order valence-electron chi connectivity index (χ4n) is 2.41. The predicted molar refractivity (Wildman–Crippen MR) is 87.3 cm³/mol. The lowest BCUT2D eigenvalue weighted by molar-refractivity contribution is 0.0750. The topological polar surface area (TPSA) is 92.8 Å². The first-order chi connectivity index (χ1) is 11.9. The van der Waals surface area contributed by atoms with Crippen LogP contribution in [0, 0.1) is 11.6 Å². The zero-order chi connectivity index (χ0) is 18.4. The summed E-state index contributed by atoms with van der Waals surface area (Å²) in [6.45, 7) is -0.488. The zero-order valence-corrected chi connectivity index (χ0v) is 13.4. The minimum Gasteiger partial charge on any atom is -0.493 e. The molecule has 0 saturated carbocycles. The van der Waals surface area contributed by atoms with Gasteiger partial charge in [0, 0.05) is 18.9 Å². The van der Waals surface area contributed by atoms with Gasteiger partial charge < -0.3 is 20.7 Å². The normalized spacial score (nSPS) is 12.0. The number of halogens is 2. The molecular formula is C18H19F2NO4. The molecule has 0 radical (unpaired) electrons. The maximum absolute atomic E-state index is 13.9. The lowest BCUT2D eigenvalue weighted by Crippen LogP contribution is -2.19. The third-order valence-electron chi connectivity index (χ3n) is 3.65. The van der Waals surface area contributed by atoms with Crippen molar-refractivity contribution >= 4 is 5.91 Å². The van der Waals surface area contributed by atoms with Gasteiger partial charge in [0.15, 0.2) is 0 Å². The monoisotopic (exact) mass is 351 g/mol. The Morgan fingerprint density at radius 1 is 1.20 bits per heavy atom. The molecule has 5 nitrogen and oxygen atoms in total. The van der Waals surface area contributed by atoms with E-state index >= 15 is 0 Å². The number of nitrogens with two attached hydrogens (primary N) is 1. The molecule has 1 atom stereocenters. The van der Waals surface area contributed by atoms with Gasteiger partial charge >= 0.3 is 0 Å². The van der Waals surface area contributed by atoms with E-state index in [1.165, 1.54) is 18.2 Å². The smallest absolute Gasteiger partial charge is 0.252 e. The maximum atomic E-state index is 13.9. The Bertz CT molecular complexity index is 752. The van der Waals surface area contributed by atoms with Gasteiger partial charge in [-0.2, -0.15) is 0 Å². The van der Waals surface area contributed by atoms with Crippen molar-refractivity contribution in [2.24, 2.45) is 5.73 Å². The molecule has 0 heterocycles. The summed E-state index contributed by atoms with van der Waals surface area (Å²) < 4.78 is 33.1. The summed E-state index contributed by atoms with van der Waals surface area (Å²) in [6, 6.07) is 8.09. The highest BCUT2D eigenvalue weighted by molar-refractivity contribution is 5.97. The van der Waals surface area contributed by atoms with Crippen molar-refractivity contribution in [2.45, 2.75) is 18.9 Å². The van der Waals surface area contributed by atoms with Gasteiger partial charge in [-0.15, -0.1) is 0 Å². The van der Waals surface area contributed by atoms with E-state index in [1.54, 1.807) is 6.07 Å². The van der Waals surface area contributed by atoms with E-state index in [0.29, 0.717) is 0 Å². The van der Waals surface area contributed by atoms with Crippen molar-refractivity contribution in [1.82, 2.24) is 0 Å². The highest BCUT2D eigenvalue weighted by Crippen LogP contribution is 2.27. The van der Waals surface area contributed by atoms with Crippen LogP contribution in [0.1, 0.15) is 27.9 Å². The van der Waals surface area contributed by atoms with Gasteiger partial charge in [-0.25, -0.2) is 8.78 Å². The van der Waals surface area contributed by atoms with Crippen molar-refractivity contribution in [3.05, 3.63) is 64.7 Å². The second-order valence-electron chi connectivity index (χ2n) is 5.54. The number of aliphatic hydroxyl groups excluding tert-OH is 2. The molecule has 0 aliphatic carbocycles. The number of ether oxygens (including phenoxy) is 1. The summed E-state index contributed by atoms with van der Waals surface area (Å²) in [7, 11) is 0. The minimum atomic E-state index is -0.983. The van der Waals surface area contributed by atoms with E-state index in [4.69, 9.17) is 15.6 Å². The van der Waals surface area contributed by atoms with Crippen LogP contribution in [0.5, 0.6) is 5.75 Å². The van der Waals surface area contributed by atoms with Crippen LogP contribution < -0.4 is 10.5 Å². The number of hydrogen-bond donors (Lipinski definition) is 3. The van der Waals surface area contributed by atoms with Gasteiger partial charge in [0.25, 0.3) is 5.91 Å². The Hall–Kier alpha value is -2.51. The van der Waals surface area contributed by atoms with E-state index < -0.39 is 30.3 Å². The number of hydrogen-bond acceptors (Lipinski definition) is 4. The van der Waals surface area contributed by atoms with Crippen molar-refractivity contribution in [3.8, 4) is 5.75 Å². The lowest BCUT2D eigenvalue weighted by atomic mass is 9.98. The summed E-state index contributed by atoms with van der Waals surface area (Å²) in [5.41, 5.74) is 5.84. The second-order valence-corrected chi connectivity index (χ2v) is 5.54. The average molecular weight is 351 g/mol. The number of carbonyl (C=O) groups excluding carboxylic acids is 1. The average Bonchev–Trinajstić information content (AvgIpc) is 2.56. The second kappa shape index (κ2) is 8.55. The number of aliphatic hydroxyl groups is 2. The quantitative estimate of drug-likeness (QED) is 0.676. The van der Waals surface area contributed by atoms with Crippen molar-refractivity contribution in [1.29, 1.82) is 0 Å². The van der Waals surface area contributed by atoms with Crippen LogP contribution in [-0.4, -0.2) is 35.4 Å². The first kappa shape index (κ1) is 18.8. The Labute approximate surface area is 143 Å². The molecule has 0 aliphatic rings. The first-order valence-electron chi connectivity index (χ1n) is 7.69. The number of carbonyl (C=O) groups is 1. The summed E-state index contributed by atoms with van der Waals surface area (Å²) >= 11 is 0. The summed E-state index contributed by atoms with van der Waals surface area (Å²) in [5, 5.41) is 18.1. The molecule has 2 rings (SSSR count). The molecule has 1 amide bonds. The zero-order valence-electron chi connectivity index (χ0n) is 13.4. The van der Waals surface area contributed by atoms with Crippen molar-refractivity contribution < 1.29 is 28.5 Å². The van der Waals surface area contributed by atoms with Crippen LogP contribution >= 0.6 is 0 Å². The molecule has 0 fully saturated rings. The Kier molecular flexibility index (Phi) is 6.44. The molecule has 4 N–H and O–H groups in total. The van der Waals surface area contributed by atoms with Crippen LogP contribution in [0.4, 0.5) is 8.78 Å². The standard InChI is InChI=1S/C18H19F2NO4/c19-13-8-12(7-11-3-1-2-4-15(11)20)17(18(21)24)16(9-13)25-6-5-14(23)10-22/h1-4,8-9,14,22-23H,5-7,10H2,(H2,21,24)/t14-/m1/s1. The molecule has 0 spiro atoms. The molecule has 25 heavy (non-hydrogen) atoms. The van der Waals surface area contributed by atoms with Crippen LogP contribution in [-0.2, 0) is 6.42 Å². The van der Waals surface area contributed by atoms with E-state index in [9.17, 15) is 18.7 Å². The predicted octanol–water partition coefficient (Wildman–Crippen LogP) is 1.78. The Balaban J connectivity index is 2.32. The van der Waals surface area contributed by atoms with Gasteiger partial charge in [-0.05, 0) is 23.3 Å². The fourth-order valence-corrected chi connectivity index (χ4v) is 2.41. The lowest BCUT2D eigenvalue weighted by Gasteiger charge is -2.15. The largest absolute Gasteiger partial charge is 0.493 e. The van der Waals surface area contributed by atoms with Gasteiger partial charge in [-0.1, -0.05) is 18.2 Å². The first-order valence-corrected chi connectivity index (χ1v) is 7.69. The Morgan fingerprint density at radius 2 is 1.92 bits per heavy atom. The SMILES string of the molecule is NC(=O)c1c(Cc2ccccc2F)cc(F)cc1OCC[C@@H](O)CO. The molecule has 7 heteroatoms. The fraction of sp³-hybridized carbons (Fsp3) is 0.278. The third-order valence-corrected chi connectivity index (χ3v) is 3.65. The highest BCUT2D eigenvalue weighted by Gasteiger charge is 2.19. The van der Waals surface area contributed by atoms with Crippen molar-refractivity contribution in [2.75, 3.05) is 13.2 Å². The highest BCUT2D eigenvalue weighted by atomic mass is 19.1. The number of primary amides is 1. The van der Waals surface area contributed by atoms with Crippen LogP contribution in [0.3, 0.4) is 0 Å². The van der Waals surface area contributed by atoms with Gasteiger partial charge in [0.2, 0.25) is 0 Å². The summed E-state index contributed by atoms with van der Waals surface area (Å²) in [5.74, 6) is -2.04. The molecule has 2 aromatic rings.